The van der Waals surface area contributed by atoms with Gasteiger partial charge in [-0.25, -0.2) is 0 Å². The van der Waals surface area contributed by atoms with Crippen LogP contribution in [0, 0.1) is 0 Å². The number of anilines is 1. The number of carbonyl (C=O) groups is 1. The Kier molecular flexibility index (Phi) is 3.26. The molecule has 1 aliphatic heterocycles. The Hall–Kier alpha value is -1.26. The van der Waals surface area contributed by atoms with Gasteiger partial charge in [-0.05, 0) is 38.1 Å². The molecular weight excluding hydrogens is 238 g/mol. The minimum absolute atomic E-state index is 0.0118. The first-order chi connectivity index (χ1) is 8.00. The second-order valence-corrected chi connectivity index (χ2v) is 5.08. The standard InChI is InChI=1S/C12H16ClN3O/c1-12(4-5-15-7-12)16-10-3-2-8(11(14)17)6-9(10)13/h2-3,6,15-16H,4-5,7H2,1H3,(H2,14,17). The topological polar surface area (TPSA) is 67.1 Å². The van der Waals surface area contributed by atoms with E-state index in [1.165, 1.54) is 0 Å². The van der Waals surface area contributed by atoms with Crippen LogP contribution in [0.25, 0.3) is 0 Å². The SMILES string of the molecule is CC1(Nc2ccc(C(N)=O)cc2Cl)CCNC1. The quantitative estimate of drug-likeness (QED) is 0.767. The van der Waals surface area contributed by atoms with Crippen molar-refractivity contribution < 1.29 is 4.79 Å². The zero-order valence-electron chi connectivity index (χ0n) is 9.72. The molecule has 1 heterocycles. The molecule has 17 heavy (non-hydrogen) atoms. The maximum atomic E-state index is 11.0. The summed E-state index contributed by atoms with van der Waals surface area (Å²) in [6, 6.07) is 5.08. The van der Waals surface area contributed by atoms with E-state index in [4.69, 9.17) is 17.3 Å². The van der Waals surface area contributed by atoms with E-state index in [0.717, 1.165) is 25.2 Å². The molecule has 2 rings (SSSR count). The molecule has 0 spiro atoms. The van der Waals surface area contributed by atoms with Gasteiger partial charge in [0.2, 0.25) is 5.91 Å². The number of rotatable bonds is 3. The number of carbonyl (C=O) groups excluding carboxylic acids is 1. The highest BCUT2D eigenvalue weighted by atomic mass is 35.5. The minimum Gasteiger partial charge on any atom is -0.377 e. The van der Waals surface area contributed by atoms with Crippen LogP contribution < -0.4 is 16.4 Å². The van der Waals surface area contributed by atoms with Gasteiger partial charge in [0.05, 0.1) is 10.7 Å². The molecule has 1 aliphatic rings. The summed E-state index contributed by atoms with van der Waals surface area (Å²) in [6.07, 6.45) is 1.04. The van der Waals surface area contributed by atoms with Crippen LogP contribution >= 0.6 is 11.6 Å². The third kappa shape index (κ3) is 2.70. The van der Waals surface area contributed by atoms with Crippen molar-refractivity contribution in [2.75, 3.05) is 18.4 Å². The number of hydrogen-bond acceptors (Lipinski definition) is 3. The lowest BCUT2D eigenvalue weighted by atomic mass is 10.0. The largest absolute Gasteiger partial charge is 0.377 e. The van der Waals surface area contributed by atoms with Crippen molar-refractivity contribution >= 4 is 23.2 Å². The zero-order chi connectivity index (χ0) is 12.5. The third-order valence-corrected chi connectivity index (χ3v) is 3.37. The van der Waals surface area contributed by atoms with Crippen molar-refractivity contribution in [1.82, 2.24) is 5.32 Å². The van der Waals surface area contributed by atoms with Crippen molar-refractivity contribution in [3.63, 3.8) is 0 Å². The first-order valence-electron chi connectivity index (χ1n) is 5.58. The summed E-state index contributed by atoms with van der Waals surface area (Å²) in [5.74, 6) is -0.466. The highest BCUT2D eigenvalue weighted by molar-refractivity contribution is 6.33. The number of primary amides is 1. The van der Waals surface area contributed by atoms with Crippen LogP contribution in [0.2, 0.25) is 5.02 Å². The predicted octanol–water partition coefficient (Wildman–Crippen LogP) is 1.60. The molecule has 1 fully saturated rings. The number of halogens is 1. The van der Waals surface area contributed by atoms with E-state index in [2.05, 4.69) is 17.6 Å². The second-order valence-electron chi connectivity index (χ2n) is 4.67. The summed E-state index contributed by atoms with van der Waals surface area (Å²) < 4.78 is 0. The van der Waals surface area contributed by atoms with Gasteiger partial charge in [-0.1, -0.05) is 11.6 Å². The molecule has 4 nitrogen and oxygen atoms in total. The molecule has 1 saturated heterocycles. The monoisotopic (exact) mass is 253 g/mol. The maximum absolute atomic E-state index is 11.0. The van der Waals surface area contributed by atoms with Crippen LogP contribution in [0.3, 0.4) is 0 Å². The van der Waals surface area contributed by atoms with Crippen LogP contribution in [-0.4, -0.2) is 24.5 Å². The molecule has 1 aromatic carbocycles. The Labute approximate surface area is 106 Å². The molecular formula is C12H16ClN3O. The number of benzene rings is 1. The highest BCUT2D eigenvalue weighted by Gasteiger charge is 2.28. The van der Waals surface area contributed by atoms with E-state index in [1.807, 2.05) is 0 Å². The van der Waals surface area contributed by atoms with Crippen molar-refractivity contribution in [3.05, 3.63) is 28.8 Å². The maximum Gasteiger partial charge on any atom is 0.248 e. The first kappa shape index (κ1) is 12.2. The zero-order valence-corrected chi connectivity index (χ0v) is 10.5. The van der Waals surface area contributed by atoms with Crippen molar-refractivity contribution in [2.24, 2.45) is 5.73 Å². The molecule has 1 atom stereocenters. The van der Waals surface area contributed by atoms with Gasteiger partial charge in [-0.3, -0.25) is 4.79 Å². The predicted molar refractivity (Wildman–Crippen MR) is 69.5 cm³/mol. The van der Waals surface area contributed by atoms with E-state index < -0.39 is 5.91 Å². The van der Waals surface area contributed by atoms with Crippen LogP contribution in [0.5, 0.6) is 0 Å². The Morgan fingerprint density at radius 3 is 2.88 bits per heavy atom. The summed E-state index contributed by atoms with van der Waals surface area (Å²) in [5, 5.41) is 7.23. The third-order valence-electron chi connectivity index (χ3n) is 3.06. The Morgan fingerprint density at radius 2 is 2.35 bits per heavy atom. The lowest BCUT2D eigenvalue weighted by Gasteiger charge is -2.26. The molecule has 5 heteroatoms. The van der Waals surface area contributed by atoms with Crippen LogP contribution in [0.1, 0.15) is 23.7 Å². The minimum atomic E-state index is -0.466. The average molecular weight is 254 g/mol. The summed E-state index contributed by atoms with van der Waals surface area (Å²) in [4.78, 5) is 11.0. The molecule has 1 amide bonds. The Bertz CT molecular complexity index is 441. The molecule has 0 aromatic heterocycles. The van der Waals surface area contributed by atoms with Gasteiger partial charge >= 0.3 is 0 Å². The summed E-state index contributed by atoms with van der Waals surface area (Å²) in [7, 11) is 0. The van der Waals surface area contributed by atoms with E-state index in [-0.39, 0.29) is 5.54 Å². The Morgan fingerprint density at radius 1 is 1.59 bits per heavy atom. The van der Waals surface area contributed by atoms with Gasteiger partial charge in [-0.2, -0.15) is 0 Å². The summed E-state index contributed by atoms with van der Waals surface area (Å²) in [5.41, 5.74) is 6.47. The van der Waals surface area contributed by atoms with Crippen LogP contribution in [0.4, 0.5) is 5.69 Å². The molecule has 4 N–H and O–H groups in total. The van der Waals surface area contributed by atoms with E-state index in [1.54, 1.807) is 18.2 Å². The molecule has 0 radical (unpaired) electrons. The van der Waals surface area contributed by atoms with E-state index in [9.17, 15) is 4.79 Å². The van der Waals surface area contributed by atoms with E-state index in [0.29, 0.717) is 10.6 Å². The van der Waals surface area contributed by atoms with Gasteiger partial charge < -0.3 is 16.4 Å². The van der Waals surface area contributed by atoms with Gasteiger partial charge in [0.1, 0.15) is 0 Å². The molecule has 1 unspecified atom stereocenters. The van der Waals surface area contributed by atoms with Gasteiger partial charge in [0.25, 0.3) is 0 Å². The van der Waals surface area contributed by atoms with Crippen LogP contribution in [0.15, 0.2) is 18.2 Å². The number of amides is 1. The fourth-order valence-electron chi connectivity index (χ4n) is 2.02. The molecule has 0 aliphatic carbocycles. The summed E-state index contributed by atoms with van der Waals surface area (Å²) in [6.45, 7) is 4.05. The smallest absolute Gasteiger partial charge is 0.248 e. The molecule has 0 bridgehead atoms. The molecule has 92 valence electrons. The van der Waals surface area contributed by atoms with Gasteiger partial charge in [0.15, 0.2) is 0 Å². The fourth-order valence-corrected chi connectivity index (χ4v) is 2.25. The van der Waals surface area contributed by atoms with Crippen LogP contribution in [-0.2, 0) is 0 Å². The highest BCUT2D eigenvalue weighted by Crippen LogP contribution is 2.28. The number of nitrogens with two attached hydrogens (primary N) is 1. The van der Waals surface area contributed by atoms with Crippen molar-refractivity contribution in [3.8, 4) is 0 Å². The lowest BCUT2D eigenvalue weighted by molar-refractivity contribution is 0.100. The summed E-state index contributed by atoms with van der Waals surface area (Å²) >= 11 is 6.12. The number of hydrogen-bond donors (Lipinski definition) is 3. The Balaban J connectivity index is 2.19. The van der Waals surface area contributed by atoms with Crippen molar-refractivity contribution in [1.29, 1.82) is 0 Å². The molecule has 1 aromatic rings. The normalized spacial score (nSPS) is 23.6. The van der Waals surface area contributed by atoms with Gasteiger partial charge in [0, 0.05) is 17.6 Å². The number of nitrogens with one attached hydrogen (secondary N) is 2. The molecule has 0 saturated carbocycles. The van der Waals surface area contributed by atoms with Crippen molar-refractivity contribution in [2.45, 2.75) is 18.9 Å². The fraction of sp³-hybridized carbons (Fsp3) is 0.417. The average Bonchev–Trinajstić information content (AvgIpc) is 2.68. The van der Waals surface area contributed by atoms with Gasteiger partial charge in [-0.15, -0.1) is 0 Å². The second kappa shape index (κ2) is 4.55. The lowest BCUT2D eigenvalue weighted by Crippen LogP contribution is -2.36. The van der Waals surface area contributed by atoms with E-state index >= 15 is 0 Å². The first-order valence-corrected chi connectivity index (χ1v) is 5.96.